The van der Waals surface area contributed by atoms with Crippen LogP contribution in [0.3, 0.4) is 0 Å². The van der Waals surface area contributed by atoms with Gasteiger partial charge in [-0.15, -0.1) is 0 Å². The smallest absolute Gasteiger partial charge is 0.244 e. The fraction of sp³-hybridized carbons (Fsp3) is 0.308. The molecule has 0 aliphatic heterocycles. The Labute approximate surface area is 117 Å². The maximum absolute atomic E-state index is 12.3. The van der Waals surface area contributed by atoms with Crippen molar-refractivity contribution in [3.05, 3.63) is 46.8 Å². The lowest BCUT2D eigenvalue weighted by atomic mass is 10.1. The van der Waals surface area contributed by atoms with Crippen LogP contribution >= 0.6 is 0 Å². The minimum Gasteiger partial charge on any atom is -0.390 e. The number of H-pyrrole nitrogens is 1. The molecule has 0 fully saturated rings. The van der Waals surface area contributed by atoms with E-state index in [9.17, 15) is 8.42 Å². The lowest BCUT2D eigenvalue weighted by molar-refractivity contribution is 0.273. The van der Waals surface area contributed by atoms with Crippen LogP contribution in [0.5, 0.6) is 0 Å². The number of sulfonamides is 1. The predicted octanol–water partition coefficient (Wildman–Crippen LogP) is 0.997. The number of nitrogens with one attached hydrogen (secondary N) is 2. The summed E-state index contributed by atoms with van der Waals surface area (Å²) in [5, 5.41) is 15.5. The van der Waals surface area contributed by atoms with Crippen LogP contribution < -0.4 is 4.72 Å². The molecule has 1 aromatic heterocycles. The molecule has 0 atom stereocenters. The van der Waals surface area contributed by atoms with Crippen molar-refractivity contribution in [3.63, 3.8) is 0 Å². The normalized spacial score (nSPS) is 11.8. The van der Waals surface area contributed by atoms with E-state index in [2.05, 4.69) is 14.9 Å². The molecule has 0 saturated carbocycles. The topological polar surface area (TPSA) is 95.1 Å². The number of aliphatic hydroxyl groups is 1. The van der Waals surface area contributed by atoms with Crippen molar-refractivity contribution in [2.24, 2.45) is 0 Å². The lowest BCUT2D eigenvalue weighted by Crippen LogP contribution is -2.24. The van der Waals surface area contributed by atoms with Crippen molar-refractivity contribution in [3.8, 4) is 0 Å². The summed E-state index contributed by atoms with van der Waals surface area (Å²) in [5.74, 6) is 0. The first-order valence-electron chi connectivity index (χ1n) is 6.14. The number of aliphatic hydroxyl groups excluding tert-OH is 1. The standard InChI is InChI=1S/C13H17N3O3S/c1-9-4-3-5-11(6-9)7-14-20(18,19)13-10(2)15-16-12(13)8-17/h3-6,14,17H,7-8H2,1-2H3,(H,15,16). The van der Waals surface area contributed by atoms with Crippen molar-refractivity contribution >= 4 is 10.0 Å². The molecule has 20 heavy (non-hydrogen) atoms. The Balaban J connectivity index is 2.21. The molecule has 2 rings (SSSR count). The first-order chi connectivity index (χ1) is 9.44. The molecule has 0 spiro atoms. The summed E-state index contributed by atoms with van der Waals surface area (Å²) in [4.78, 5) is 0.0210. The van der Waals surface area contributed by atoms with E-state index in [0.717, 1.165) is 11.1 Å². The van der Waals surface area contributed by atoms with Gasteiger partial charge in [0.05, 0.1) is 12.3 Å². The largest absolute Gasteiger partial charge is 0.390 e. The van der Waals surface area contributed by atoms with Crippen molar-refractivity contribution < 1.29 is 13.5 Å². The second-order valence-electron chi connectivity index (χ2n) is 4.60. The van der Waals surface area contributed by atoms with E-state index < -0.39 is 16.6 Å². The number of aromatic amines is 1. The number of aryl methyl sites for hydroxylation is 2. The molecule has 6 nitrogen and oxygen atoms in total. The number of rotatable bonds is 5. The second-order valence-corrected chi connectivity index (χ2v) is 6.30. The van der Waals surface area contributed by atoms with Gasteiger partial charge in [-0.25, -0.2) is 13.1 Å². The van der Waals surface area contributed by atoms with Crippen LogP contribution in [0.2, 0.25) is 0 Å². The number of aromatic nitrogens is 2. The van der Waals surface area contributed by atoms with E-state index >= 15 is 0 Å². The molecule has 1 aromatic carbocycles. The second kappa shape index (κ2) is 5.74. The zero-order valence-electron chi connectivity index (χ0n) is 11.3. The highest BCUT2D eigenvalue weighted by Gasteiger charge is 2.23. The number of hydrogen-bond acceptors (Lipinski definition) is 4. The van der Waals surface area contributed by atoms with Crippen LogP contribution in [0, 0.1) is 13.8 Å². The molecule has 7 heteroatoms. The minimum absolute atomic E-state index is 0.0210. The van der Waals surface area contributed by atoms with Crippen LogP contribution in [0.25, 0.3) is 0 Å². The van der Waals surface area contributed by atoms with Gasteiger partial charge in [0.1, 0.15) is 10.6 Å². The third kappa shape index (κ3) is 3.06. The molecular formula is C13H17N3O3S. The minimum atomic E-state index is -3.71. The molecule has 0 saturated heterocycles. The quantitative estimate of drug-likeness (QED) is 0.767. The van der Waals surface area contributed by atoms with Gasteiger partial charge >= 0.3 is 0 Å². The summed E-state index contributed by atoms with van der Waals surface area (Å²) in [6.07, 6.45) is 0. The highest BCUT2D eigenvalue weighted by atomic mass is 32.2. The Morgan fingerprint density at radius 1 is 1.35 bits per heavy atom. The predicted molar refractivity (Wildman–Crippen MR) is 74.5 cm³/mol. The van der Waals surface area contributed by atoms with E-state index in [-0.39, 0.29) is 17.1 Å². The monoisotopic (exact) mass is 295 g/mol. The molecule has 0 amide bonds. The van der Waals surface area contributed by atoms with Gasteiger partial charge in [0.15, 0.2) is 0 Å². The molecule has 3 N–H and O–H groups in total. The molecule has 0 bridgehead atoms. The van der Waals surface area contributed by atoms with Crippen molar-refractivity contribution in [1.82, 2.24) is 14.9 Å². The molecule has 1 heterocycles. The highest BCUT2D eigenvalue weighted by molar-refractivity contribution is 7.89. The van der Waals surface area contributed by atoms with E-state index in [1.807, 2.05) is 31.2 Å². The Morgan fingerprint density at radius 3 is 2.75 bits per heavy atom. The van der Waals surface area contributed by atoms with Crippen LogP contribution in [0.15, 0.2) is 29.2 Å². The Morgan fingerprint density at radius 2 is 2.10 bits per heavy atom. The van der Waals surface area contributed by atoms with Crippen LogP contribution in [0.1, 0.15) is 22.5 Å². The maximum atomic E-state index is 12.3. The number of hydrogen-bond donors (Lipinski definition) is 3. The van der Waals surface area contributed by atoms with Crippen molar-refractivity contribution in [2.75, 3.05) is 0 Å². The number of nitrogens with zero attached hydrogens (tertiary/aromatic N) is 1. The first-order valence-corrected chi connectivity index (χ1v) is 7.62. The summed E-state index contributed by atoms with van der Waals surface area (Å²) in [6.45, 7) is 3.32. The van der Waals surface area contributed by atoms with Crippen LogP contribution in [0.4, 0.5) is 0 Å². The van der Waals surface area contributed by atoms with Gasteiger partial charge in [0.2, 0.25) is 10.0 Å². The fourth-order valence-corrected chi connectivity index (χ4v) is 3.38. The zero-order chi connectivity index (χ0) is 14.8. The Hall–Kier alpha value is -1.70. The third-order valence-corrected chi connectivity index (χ3v) is 4.53. The van der Waals surface area contributed by atoms with Gasteiger partial charge in [0.25, 0.3) is 0 Å². The molecule has 2 aromatic rings. The lowest BCUT2D eigenvalue weighted by Gasteiger charge is -2.08. The van der Waals surface area contributed by atoms with E-state index in [4.69, 9.17) is 5.11 Å². The molecule has 0 unspecified atom stereocenters. The molecular weight excluding hydrogens is 278 g/mol. The SMILES string of the molecule is Cc1cccc(CNS(=O)(=O)c2c(CO)n[nH]c2C)c1. The summed E-state index contributed by atoms with van der Waals surface area (Å²) in [5.41, 5.74) is 2.47. The van der Waals surface area contributed by atoms with E-state index in [1.54, 1.807) is 6.92 Å². The molecule has 108 valence electrons. The molecule has 0 aliphatic carbocycles. The maximum Gasteiger partial charge on any atom is 0.244 e. The van der Waals surface area contributed by atoms with Gasteiger partial charge in [-0.2, -0.15) is 5.10 Å². The number of benzene rings is 1. The van der Waals surface area contributed by atoms with Crippen LogP contribution in [-0.4, -0.2) is 23.7 Å². The third-order valence-electron chi connectivity index (χ3n) is 2.93. The van der Waals surface area contributed by atoms with Crippen LogP contribution in [-0.2, 0) is 23.2 Å². The highest BCUT2D eigenvalue weighted by Crippen LogP contribution is 2.17. The van der Waals surface area contributed by atoms with E-state index in [0.29, 0.717) is 5.69 Å². The summed E-state index contributed by atoms with van der Waals surface area (Å²) in [7, 11) is -3.71. The van der Waals surface area contributed by atoms with Gasteiger partial charge in [-0.05, 0) is 19.4 Å². The summed E-state index contributed by atoms with van der Waals surface area (Å²) >= 11 is 0. The van der Waals surface area contributed by atoms with Gasteiger partial charge in [0, 0.05) is 6.54 Å². The van der Waals surface area contributed by atoms with E-state index in [1.165, 1.54) is 0 Å². The van der Waals surface area contributed by atoms with Crippen molar-refractivity contribution in [1.29, 1.82) is 0 Å². The molecule has 0 radical (unpaired) electrons. The average molecular weight is 295 g/mol. The Bertz CT molecular complexity index is 707. The summed E-state index contributed by atoms with van der Waals surface area (Å²) in [6, 6.07) is 7.59. The van der Waals surface area contributed by atoms with Crippen molar-refractivity contribution in [2.45, 2.75) is 31.9 Å². The molecule has 0 aliphatic rings. The van der Waals surface area contributed by atoms with Gasteiger partial charge in [-0.3, -0.25) is 5.10 Å². The zero-order valence-corrected chi connectivity index (χ0v) is 12.2. The van der Waals surface area contributed by atoms with Gasteiger partial charge in [-0.1, -0.05) is 29.8 Å². The average Bonchev–Trinajstić information content (AvgIpc) is 2.78. The van der Waals surface area contributed by atoms with Gasteiger partial charge < -0.3 is 5.11 Å². The first kappa shape index (κ1) is 14.7. The Kier molecular flexibility index (Phi) is 4.22. The summed E-state index contributed by atoms with van der Waals surface area (Å²) < 4.78 is 27.1. The fourth-order valence-electron chi connectivity index (χ4n) is 2.01.